The van der Waals surface area contributed by atoms with Gasteiger partial charge in [0, 0.05) is 18.8 Å². The number of esters is 1. The molecule has 0 aliphatic heterocycles. The average molecular weight is 293 g/mol. The molecule has 1 aromatic carbocycles. The van der Waals surface area contributed by atoms with Crippen LogP contribution in [0.5, 0.6) is 0 Å². The quantitative estimate of drug-likeness (QED) is 0.698. The molecule has 0 spiro atoms. The second kappa shape index (κ2) is 9.10. The lowest BCUT2D eigenvalue weighted by atomic mass is 10.2. The first-order chi connectivity index (χ1) is 10.1. The van der Waals surface area contributed by atoms with Crippen LogP contribution in [0.25, 0.3) is 0 Å². The van der Waals surface area contributed by atoms with Crippen molar-refractivity contribution < 1.29 is 14.3 Å². The van der Waals surface area contributed by atoms with Crippen molar-refractivity contribution >= 4 is 17.6 Å². The number of para-hydroxylation sites is 1. The van der Waals surface area contributed by atoms with Crippen LogP contribution in [0.2, 0.25) is 0 Å². The van der Waals surface area contributed by atoms with Gasteiger partial charge in [-0.3, -0.25) is 14.5 Å². The number of anilines is 1. The summed E-state index contributed by atoms with van der Waals surface area (Å²) in [4.78, 5) is 25.0. The second-order valence-corrected chi connectivity index (χ2v) is 4.70. The van der Waals surface area contributed by atoms with Crippen LogP contribution in [-0.2, 0) is 20.9 Å². The fourth-order valence-electron chi connectivity index (χ4n) is 1.85. The van der Waals surface area contributed by atoms with Crippen LogP contribution in [0.3, 0.4) is 0 Å². The topological polar surface area (TPSA) is 84.7 Å². The van der Waals surface area contributed by atoms with Gasteiger partial charge in [-0.1, -0.05) is 18.2 Å². The van der Waals surface area contributed by atoms with E-state index in [1.54, 1.807) is 18.9 Å². The number of nitrogens with one attached hydrogen (secondary N) is 1. The predicted octanol–water partition coefficient (Wildman–Crippen LogP) is 0.969. The number of likely N-dealkylation sites (N-methyl/N-ethyl adjacent to an activating group) is 1. The van der Waals surface area contributed by atoms with E-state index in [1.807, 2.05) is 24.3 Å². The number of hydrogen-bond acceptors (Lipinski definition) is 5. The molecule has 1 amide bonds. The van der Waals surface area contributed by atoms with Gasteiger partial charge in [0.15, 0.2) is 0 Å². The summed E-state index contributed by atoms with van der Waals surface area (Å²) in [6.07, 6.45) is 0.275. The second-order valence-electron chi connectivity index (χ2n) is 4.70. The van der Waals surface area contributed by atoms with Crippen molar-refractivity contribution in [2.24, 2.45) is 5.73 Å². The zero-order chi connectivity index (χ0) is 15.7. The first-order valence-corrected chi connectivity index (χ1v) is 6.98. The molecule has 1 rings (SSSR count). The third-order valence-corrected chi connectivity index (χ3v) is 2.93. The third kappa shape index (κ3) is 6.37. The third-order valence-electron chi connectivity index (χ3n) is 2.93. The summed E-state index contributed by atoms with van der Waals surface area (Å²) in [6, 6.07) is 7.42. The summed E-state index contributed by atoms with van der Waals surface area (Å²) in [5.74, 6) is -0.388. The first-order valence-electron chi connectivity index (χ1n) is 6.98. The van der Waals surface area contributed by atoms with E-state index in [9.17, 15) is 9.59 Å². The van der Waals surface area contributed by atoms with Crippen molar-refractivity contribution in [3.8, 4) is 0 Å². The van der Waals surface area contributed by atoms with Gasteiger partial charge >= 0.3 is 5.97 Å². The monoisotopic (exact) mass is 293 g/mol. The van der Waals surface area contributed by atoms with Crippen LogP contribution in [0, 0.1) is 0 Å². The summed E-state index contributed by atoms with van der Waals surface area (Å²) in [5, 5.41) is 2.83. The molecule has 116 valence electrons. The Morgan fingerprint density at radius 3 is 2.71 bits per heavy atom. The van der Waals surface area contributed by atoms with Crippen molar-refractivity contribution in [1.29, 1.82) is 0 Å². The maximum atomic E-state index is 12.0. The number of ether oxygens (including phenoxy) is 1. The molecule has 0 heterocycles. The summed E-state index contributed by atoms with van der Waals surface area (Å²) < 4.78 is 4.84. The van der Waals surface area contributed by atoms with E-state index in [-0.39, 0.29) is 24.8 Å². The lowest BCUT2D eigenvalue weighted by Gasteiger charge is -2.16. The number of hydrogen-bond donors (Lipinski definition) is 2. The zero-order valence-corrected chi connectivity index (χ0v) is 12.6. The van der Waals surface area contributed by atoms with Gasteiger partial charge < -0.3 is 15.8 Å². The van der Waals surface area contributed by atoms with Crippen molar-refractivity contribution in [1.82, 2.24) is 4.90 Å². The number of nitrogens with zero attached hydrogens (tertiary/aromatic N) is 1. The SMILES string of the molecule is CCOC(=O)CCN(C)CC(=O)Nc1ccccc1CN. The normalized spacial score (nSPS) is 10.5. The minimum Gasteiger partial charge on any atom is -0.466 e. The van der Waals surface area contributed by atoms with Gasteiger partial charge in [-0.15, -0.1) is 0 Å². The Balaban J connectivity index is 2.41. The fraction of sp³-hybridized carbons (Fsp3) is 0.467. The Morgan fingerprint density at radius 2 is 2.05 bits per heavy atom. The first kappa shape index (κ1) is 17.1. The molecule has 0 aliphatic carbocycles. The van der Waals surface area contributed by atoms with Crippen LogP contribution >= 0.6 is 0 Å². The van der Waals surface area contributed by atoms with Crippen LogP contribution in [0.1, 0.15) is 18.9 Å². The molecule has 0 fully saturated rings. The number of rotatable bonds is 8. The van der Waals surface area contributed by atoms with Gasteiger partial charge in [0.1, 0.15) is 0 Å². The number of carbonyl (C=O) groups is 2. The number of nitrogens with two attached hydrogens (primary N) is 1. The van der Waals surface area contributed by atoms with Gasteiger partial charge in [-0.2, -0.15) is 0 Å². The molecule has 1 aromatic rings. The van der Waals surface area contributed by atoms with Gasteiger partial charge in [0.2, 0.25) is 5.91 Å². The van der Waals surface area contributed by atoms with E-state index in [4.69, 9.17) is 10.5 Å². The molecule has 21 heavy (non-hydrogen) atoms. The summed E-state index contributed by atoms with van der Waals surface area (Å²) >= 11 is 0. The van der Waals surface area contributed by atoms with Crippen molar-refractivity contribution in [2.75, 3.05) is 32.1 Å². The Kier molecular flexibility index (Phi) is 7.42. The number of benzene rings is 1. The highest BCUT2D eigenvalue weighted by atomic mass is 16.5. The Labute approximate surface area is 125 Å². The molecule has 0 aliphatic rings. The van der Waals surface area contributed by atoms with Crippen molar-refractivity contribution in [3.05, 3.63) is 29.8 Å². The molecule has 0 saturated carbocycles. The molecule has 0 saturated heterocycles. The van der Waals surface area contributed by atoms with Crippen LogP contribution in [0.4, 0.5) is 5.69 Å². The minimum absolute atomic E-state index is 0.137. The molecular formula is C15H23N3O3. The highest BCUT2D eigenvalue weighted by Crippen LogP contribution is 2.13. The molecular weight excluding hydrogens is 270 g/mol. The minimum atomic E-state index is -0.252. The number of carbonyl (C=O) groups excluding carboxylic acids is 2. The maximum absolute atomic E-state index is 12.0. The Bertz CT molecular complexity index is 477. The Morgan fingerprint density at radius 1 is 1.33 bits per heavy atom. The van der Waals surface area contributed by atoms with Gasteiger partial charge in [-0.25, -0.2) is 0 Å². The van der Waals surface area contributed by atoms with E-state index in [0.717, 1.165) is 11.3 Å². The molecule has 6 nitrogen and oxygen atoms in total. The molecule has 6 heteroatoms. The zero-order valence-electron chi connectivity index (χ0n) is 12.6. The summed E-state index contributed by atoms with van der Waals surface area (Å²) in [7, 11) is 1.79. The maximum Gasteiger partial charge on any atom is 0.307 e. The van der Waals surface area contributed by atoms with E-state index in [1.165, 1.54) is 0 Å². The van der Waals surface area contributed by atoms with Crippen LogP contribution < -0.4 is 11.1 Å². The van der Waals surface area contributed by atoms with Gasteiger partial charge in [-0.05, 0) is 25.6 Å². The van der Waals surface area contributed by atoms with E-state index in [2.05, 4.69) is 5.32 Å². The lowest BCUT2D eigenvalue weighted by Crippen LogP contribution is -2.32. The standard InChI is InChI=1S/C15H23N3O3/c1-3-21-15(20)8-9-18(2)11-14(19)17-13-7-5-4-6-12(13)10-16/h4-7H,3,8-11,16H2,1-2H3,(H,17,19). The molecule has 0 aromatic heterocycles. The van der Waals surface area contributed by atoms with Gasteiger partial charge in [0.05, 0.1) is 19.6 Å². The van der Waals surface area contributed by atoms with E-state index >= 15 is 0 Å². The largest absolute Gasteiger partial charge is 0.466 e. The Hall–Kier alpha value is -1.92. The molecule has 0 unspecified atom stereocenters. The highest BCUT2D eigenvalue weighted by molar-refractivity contribution is 5.93. The number of amides is 1. The summed E-state index contributed by atoms with van der Waals surface area (Å²) in [5.41, 5.74) is 7.24. The van der Waals surface area contributed by atoms with E-state index in [0.29, 0.717) is 19.7 Å². The smallest absolute Gasteiger partial charge is 0.307 e. The molecule has 0 radical (unpaired) electrons. The molecule has 0 atom stereocenters. The average Bonchev–Trinajstić information content (AvgIpc) is 2.46. The molecule has 3 N–H and O–H groups in total. The van der Waals surface area contributed by atoms with Crippen molar-refractivity contribution in [3.63, 3.8) is 0 Å². The van der Waals surface area contributed by atoms with Crippen LogP contribution in [-0.4, -0.2) is 43.5 Å². The molecule has 0 bridgehead atoms. The van der Waals surface area contributed by atoms with E-state index < -0.39 is 0 Å². The highest BCUT2D eigenvalue weighted by Gasteiger charge is 2.10. The lowest BCUT2D eigenvalue weighted by molar-refractivity contribution is -0.143. The predicted molar refractivity (Wildman–Crippen MR) is 81.7 cm³/mol. The fourth-order valence-corrected chi connectivity index (χ4v) is 1.85. The summed E-state index contributed by atoms with van der Waals surface area (Å²) in [6.45, 7) is 3.20. The van der Waals surface area contributed by atoms with Crippen LogP contribution in [0.15, 0.2) is 24.3 Å². The van der Waals surface area contributed by atoms with Crippen molar-refractivity contribution in [2.45, 2.75) is 19.9 Å². The van der Waals surface area contributed by atoms with Gasteiger partial charge in [0.25, 0.3) is 0 Å².